The van der Waals surface area contributed by atoms with Crippen LogP contribution in [0.3, 0.4) is 0 Å². The Labute approximate surface area is 112 Å². The van der Waals surface area contributed by atoms with Gasteiger partial charge in [-0.3, -0.25) is 4.79 Å². The third kappa shape index (κ3) is 3.88. The van der Waals surface area contributed by atoms with E-state index in [1.807, 2.05) is 0 Å². The van der Waals surface area contributed by atoms with Crippen LogP contribution in [-0.2, 0) is 4.79 Å². The fourth-order valence-corrected chi connectivity index (χ4v) is 1.75. The molecule has 0 aliphatic heterocycles. The molecule has 1 aliphatic carbocycles. The molecule has 1 amide bonds. The molecule has 0 atom stereocenters. The summed E-state index contributed by atoms with van der Waals surface area (Å²) in [5.41, 5.74) is 1.34. The number of nitriles is 1. The van der Waals surface area contributed by atoms with E-state index in [1.54, 1.807) is 25.3 Å². The van der Waals surface area contributed by atoms with Crippen molar-refractivity contribution in [2.24, 2.45) is 0 Å². The van der Waals surface area contributed by atoms with E-state index < -0.39 is 0 Å². The van der Waals surface area contributed by atoms with Crippen molar-refractivity contribution in [3.05, 3.63) is 23.8 Å². The van der Waals surface area contributed by atoms with Gasteiger partial charge in [-0.1, -0.05) is 0 Å². The number of anilines is 1. The summed E-state index contributed by atoms with van der Waals surface area (Å²) in [6, 6.07) is 7.64. The number of carbonyl (C=O) groups excluding carboxylic acids is 1. The van der Waals surface area contributed by atoms with Crippen molar-refractivity contribution in [2.75, 3.05) is 19.0 Å². The minimum Gasteiger partial charge on any atom is -0.495 e. The molecule has 5 nitrogen and oxygen atoms in total. The maximum atomic E-state index is 11.5. The molecule has 1 aromatic carbocycles. The molecular weight excluding hydrogens is 242 g/mol. The molecule has 0 spiro atoms. The van der Waals surface area contributed by atoms with E-state index in [1.165, 1.54) is 0 Å². The van der Waals surface area contributed by atoms with Crippen LogP contribution in [0.1, 0.15) is 24.8 Å². The maximum Gasteiger partial charge on any atom is 0.221 e. The van der Waals surface area contributed by atoms with Crippen LogP contribution >= 0.6 is 0 Å². The number of ether oxygens (including phenoxy) is 1. The Morgan fingerprint density at radius 1 is 1.53 bits per heavy atom. The van der Waals surface area contributed by atoms with E-state index in [0.29, 0.717) is 30.3 Å². The van der Waals surface area contributed by atoms with Crippen LogP contribution in [0.5, 0.6) is 5.75 Å². The van der Waals surface area contributed by atoms with Crippen molar-refractivity contribution in [1.82, 2.24) is 5.32 Å². The summed E-state index contributed by atoms with van der Waals surface area (Å²) in [5.74, 6) is 0.685. The van der Waals surface area contributed by atoms with Crippen LogP contribution in [0.4, 0.5) is 5.69 Å². The molecule has 1 aromatic rings. The van der Waals surface area contributed by atoms with Crippen molar-refractivity contribution in [3.63, 3.8) is 0 Å². The highest BCUT2D eigenvalue weighted by Crippen LogP contribution is 2.25. The Morgan fingerprint density at radius 3 is 2.95 bits per heavy atom. The van der Waals surface area contributed by atoms with E-state index in [9.17, 15) is 4.79 Å². The standard InChI is InChI=1S/C14H17N3O2/c1-19-13-8-10(9-15)2-5-12(13)16-7-6-14(18)17-11-3-4-11/h2,5,8,11,16H,3-4,6-7H2,1H3,(H,17,18). The summed E-state index contributed by atoms with van der Waals surface area (Å²) >= 11 is 0. The van der Waals surface area contributed by atoms with Gasteiger partial charge in [0.05, 0.1) is 24.4 Å². The minimum absolute atomic E-state index is 0.0719. The number of amides is 1. The molecule has 19 heavy (non-hydrogen) atoms. The molecular formula is C14H17N3O2. The number of hydrogen-bond acceptors (Lipinski definition) is 4. The van der Waals surface area contributed by atoms with Crippen molar-refractivity contribution < 1.29 is 9.53 Å². The molecule has 0 aromatic heterocycles. The smallest absolute Gasteiger partial charge is 0.221 e. The molecule has 100 valence electrons. The fraction of sp³-hybridized carbons (Fsp3) is 0.429. The average molecular weight is 259 g/mol. The molecule has 2 N–H and O–H groups in total. The summed E-state index contributed by atoms with van der Waals surface area (Å²) < 4.78 is 5.21. The first-order chi connectivity index (χ1) is 9.22. The predicted molar refractivity (Wildman–Crippen MR) is 72.0 cm³/mol. The average Bonchev–Trinajstić information content (AvgIpc) is 3.22. The zero-order valence-electron chi connectivity index (χ0n) is 10.9. The zero-order chi connectivity index (χ0) is 13.7. The first kappa shape index (κ1) is 13.2. The first-order valence-corrected chi connectivity index (χ1v) is 6.34. The normalized spacial score (nSPS) is 13.5. The molecule has 0 heterocycles. The highest BCUT2D eigenvalue weighted by Gasteiger charge is 2.22. The molecule has 1 aliphatic rings. The lowest BCUT2D eigenvalue weighted by atomic mass is 10.2. The third-order valence-electron chi connectivity index (χ3n) is 2.94. The summed E-state index contributed by atoms with van der Waals surface area (Å²) in [6.45, 7) is 0.542. The molecule has 2 rings (SSSR count). The Balaban J connectivity index is 1.84. The fourth-order valence-electron chi connectivity index (χ4n) is 1.75. The second-order valence-corrected chi connectivity index (χ2v) is 4.55. The van der Waals surface area contributed by atoms with Gasteiger partial charge in [-0.2, -0.15) is 5.26 Å². The monoisotopic (exact) mass is 259 g/mol. The van der Waals surface area contributed by atoms with Crippen LogP contribution in [-0.4, -0.2) is 25.6 Å². The molecule has 1 saturated carbocycles. The van der Waals surface area contributed by atoms with Gasteiger partial charge in [0.2, 0.25) is 5.91 Å². The lowest BCUT2D eigenvalue weighted by molar-refractivity contribution is -0.120. The van der Waals surface area contributed by atoms with E-state index in [4.69, 9.17) is 10.00 Å². The largest absolute Gasteiger partial charge is 0.495 e. The molecule has 0 saturated heterocycles. The molecule has 0 radical (unpaired) electrons. The second kappa shape index (κ2) is 6.10. The van der Waals surface area contributed by atoms with E-state index in [0.717, 1.165) is 18.5 Å². The highest BCUT2D eigenvalue weighted by atomic mass is 16.5. The molecule has 0 bridgehead atoms. The van der Waals surface area contributed by atoms with Crippen molar-refractivity contribution in [1.29, 1.82) is 5.26 Å². The van der Waals surface area contributed by atoms with Gasteiger partial charge in [0, 0.05) is 25.1 Å². The Morgan fingerprint density at radius 2 is 2.32 bits per heavy atom. The van der Waals surface area contributed by atoms with Gasteiger partial charge in [-0.05, 0) is 25.0 Å². The summed E-state index contributed by atoms with van der Waals surface area (Å²) in [5, 5.41) is 14.9. The van der Waals surface area contributed by atoms with Crippen LogP contribution in [0.25, 0.3) is 0 Å². The van der Waals surface area contributed by atoms with Gasteiger partial charge in [0.25, 0.3) is 0 Å². The first-order valence-electron chi connectivity index (χ1n) is 6.34. The lowest BCUT2D eigenvalue weighted by Crippen LogP contribution is -2.27. The van der Waals surface area contributed by atoms with Crippen LogP contribution < -0.4 is 15.4 Å². The van der Waals surface area contributed by atoms with Crippen LogP contribution in [0.2, 0.25) is 0 Å². The molecule has 1 fully saturated rings. The predicted octanol–water partition coefficient (Wildman–Crippen LogP) is 1.65. The number of hydrogen-bond donors (Lipinski definition) is 2. The van der Waals surface area contributed by atoms with Gasteiger partial charge in [-0.25, -0.2) is 0 Å². The van der Waals surface area contributed by atoms with Crippen LogP contribution in [0.15, 0.2) is 18.2 Å². The summed E-state index contributed by atoms with van der Waals surface area (Å²) in [4.78, 5) is 11.5. The van der Waals surface area contributed by atoms with Gasteiger partial charge < -0.3 is 15.4 Å². The zero-order valence-corrected chi connectivity index (χ0v) is 10.9. The van der Waals surface area contributed by atoms with Crippen LogP contribution in [0, 0.1) is 11.3 Å². The molecule has 5 heteroatoms. The van der Waals surface area contributed by atoms with Gasteiger partial charge in [0.1, 0.15) is 5.75 Å². The van der Waals surface area contributed by atoms with Crippen molar-refractivity contribution in [3.8, 4) is 11.8 Å². The number of methoxy groups -OCH3 is 1. The third-order valence-corrected chi connectivity index (χ3v) is 2.94. The molecule has 0 unspecified atom stereocenters. The van der Waals surface area contributed by atoms with Crippen molar-refractivity contribution in [2.45, 2.75) is 25.3 Å². The van der Waals surface area contributed by atoms with Gasteiger partial charge in [-0.15, -0.1) is 0 Å². The highest BCUT2D eigenvalue weighted by molar-refractivity contribution is 5.77. The maximum absolute atomic E-state index is 11.5. The Bertz CT molecular complexity index is 504. The lowest BCUT2D eigenvalue weighted by Gasteiger charge is -2.11. The van der Waals surface area contributed by atoms with E-state index in [-0.39, 0.29) is 5.91 Å². The van der Waals surface area contributed by atoms with E-state index >= 15 is 0 Å². The number of nitrogens with one attached hydrogen (secondary N) is 2. The summed E-state index contributed by atoms with van der Waals surface area (Å²) in [6.07, 6.45) is 2.63. The number of nitrogens with zero attached hydrogens (tertiary/aromatic N) is 1. The number of rotatable bonds is 6. The van der Waals surface area contributed by atoms with Crippen molar-refractivity contribution >= 4 is 11.6 Å². The van der Waals surface area contributed by atoms with E-state index in [2.05, 4.69) is 16.7 Å². The second-order valence-electron chi connectivity index (χ2n) is 4.55. The Kier molecular flexibility index (Phi) is 4.24. The van der Waals surface area contributed by atoms with Gasteiger partial charge in [0.15, 0.2) is 0 Å². The topological polar surface area (TPSA) is 74.1 Å². The number of carbonyl (C=O) groups is 1. The number of benzene rings is 1. The SMILES string of the molecule is COc1cc(C#N)ccc1NCCC(=O)NC1CC1. The minimum atomic E-state index is 0.0719. The quantitative estimate of drug-likeness (QED) is 0.814. The van der Waals surface area contributed by atoms with Gasteiger partial charge >= 0.3 is 0 Å². The Hall–Kier alpha value is -2.22. The summed E-state index contributed by atoms with van der Waals surface area (Å²) in [7, 11) is 1.56.